The summed E-state index contributed by atoms with van der Waals surface area (Å²) in [6.45, 7) is 2.75. The molecule has 3 rings (SSSR count). The molecule has 0 fully saturated rings. The normalized spacial score (nSPS) is 16.1. The van der Waals surface area contributed by atoms with Gasteiger partial charge in [-0.15, -0.1) is 0 Å². The SMILES string of the molecule is CCC(=O)N(Cc1cccc(Cl)c1)C[C@H]1CC(c2ccc(F)cc2)=NO1. The molecule has 0 saturated heterocycles. The monoisotopic (exact) mass is 374 g/mol. The number of benzene rings is 2. The van der Waals surface area contributed by atoms with E-state index >= 15 is 0 Å². The zero-order valence-electron chi connectivity index (χ0n) is 14.5. The first kappa shape index (κ1) is 18.4. The number of carbonyl (C=O) groups excluding carboxylic acids is 1. The van der Waals surface area contributed by atoms with E-state index in [1.54, 1.807) is 23.1 Å². The van der Waals surface area contributed by atoms with Crippen molar-refractivity contribution in [2.75, 3.05) is 6.54 Å². The first-order chi connectivity index (χ1) is 12.5. The maximum absolute atomic E-state index is 13.1. The molecule has 0 unspecified atom stereocenters. The van der Waals surface area contributed by atoms with E-state index < -0.39 is 0 Å². The third-order valence-corrected chi connectivity index (χ3v) is 4.49. The third-order valence-electron chi connectivity index (χ3n) is 4.25. The van der Waals surface area contributed by atoms with Crippen molar-refractivity contribution in [3.63, 3.8) is 0 Å². The number of nitrogens with zero attached hydrogens (tertiary/aromatic N) is 2. The van der Waals surface area contributed by atoms with E-state index in [0.717, 1.165) is 16.8 Å². The summed E-state index contributed by atoms with van der Waals surface area (Å²) >= 11 is 6.04. The van der Waals surface area contributed by atoms with E-state index in [2.05, 4.69) is 5.16 Å². The smallest absolute Gasteiger partial charge is 0.222 e. The maximum Gasteiger partial charge on any atom is 0.222 e. The Morgan fingerprint density at radius 3 is 2.77 bits per heavy atom. The van der Waals surface area contributed by atoms with Crippen LogP contribution >= 0.6 is 11.6 Å². The topological polar surface area (TPSA) is 41.9 Å². The summed E-state index contributed by atoms with van der Waals surface area (Å²) in [6.07, 6.45) is 0.776. The van der Waals surface area contributed by atoms with Gasteiger partial charge in [-0.25, -0.2) is 4.39 Å². The van der Waals surface area contributed by atoms with Gasteiger partial charge in [-0.3, -0.25) is 4.79 Å². The van der Waals surface area contributed by atoms with Crippen LogP contribution in [0, 0.1) is 5.82 Å². The molecule has 0 radical (unpaired) electrons. The fraction of sp³-hybridized carbons (Fsp3) is 0.300. The minimum atomic E-state index is -0.286. The number of halogens is 2. The van der Waals surface area contributed by atoms with Crippen LogP contribution < -0.4 is 0 Å². The van der Waals surface area contributed by atoms with Gasteiger partial charge >= 0.3 is 0 Å². The van der Waals surface area contributed by atoms with Crippen LogP contribution in [0.2, 0.25) is 5.02 Å². The predicted molar refractivity (Wildman–Crippen MR) is 99.6 cm³/mol. The summed E-state index contributed by atoms with van der Waals surface area (Å²) in [5, 5.41) is 4.76. The molecule has 0 aromatic heterocycles. The summed E-state index contributed by atoms with van der Waals surface area (Å²) in [7, 11) is 0. The molecule has 1 amide bonds. The number of carbonyl (C=O) groups is 1. The van der Waals surface area contributed by atoms with Crippen molar-refractivity contribution < 1.29 is 14.0 Å². The molecular weight excluding hydrogens is 355 g/mol. The fourth-order valence-electron chi connectivity index (χ4n) is 2.92. The van der Waals surface area contributed by atoms with Crippen molar-refractivity contribution in [2.24, 2.45) is 5.16 Å². The van der Waals surface area contributed by atoms with Crippen molar-refractivity contribution >= 4 is 23.2 Å². The lowest BCUT2D eigenvalue weighted by Crippen LogP contribution is -2.36. The molecular formula is C20H20ClFN2O2. The summed E-state index contributed by atoms with van der Waals surface area (Å²) in [5.41, 5.74) is 2.57. The van der Waals surface area contributed by atoms with E-state index in [1.165, 1.54) is 12.1 Å². The second-order valence-electron chi connectivity index (χ2n) is 6.23. The van der Waals surface area contributed by atoms with Crippen LogP contribution in [0.5, 0.6) is 0 Å². The molecule has 2 aromatic carbocycles. The Bertz CT molecular complexity index is 808. The van der Waals surface area contributed by atoms with Gasteiger partial charge in [-0.2, -0.15) is 0 Å². The number of rotatable bonds is 6. The first-order valence-corrected chi connectivity index (χ1v) is 8.93. The highest BCUT2D eigenvalue weighted by atomic mass is 35.5. The predicted octanol–water partition coefficient (Wildman–Crippen LogP) is 4.41. The lowest BCUT2D eigenvalue weighted by atomic mass is 10.0. The highest BCUT2D eigenvalue weighted by Gasteiger charge is 2.26. The van der Waals surface area contributed by atoms with Crippen molar-refractivity contribution in [3.05, 3.63) is 70.5 Å². The maximum atomic E-state index is 13.1. The number of oxime groups is 1. The van der Waals surface area contributed by atoms with Gasteiger partial charge in [0.05, 0.1) is 12.3 Å². The molecule has 0 N–H and O–H groups in total. The van der Waals surface area contributed by atoms with E-state index in [0.29, 0.717) is 31.0 Å². The Labute approximate surface area is 157 Å². The minimum absolute atomic E-state index is 0.0452. The zero-order valence-corrected chi connectivity index (χ0v) is 15.2. The number of hydrogen-bond donors (Lipinski definition) is 0. The molecule has 4 nitrogen and oxygen atoms in total. The van der Waals surface area contributed by atoms with E-state index in [1.807, 2.05) is 25.1 Å². The molecule has 1 aliphatic heterocycles. The first-order valence-electron chi connectivity index (χ1n) is 8.56. The molecule has 136 valence electrons. The standard InChI is InChI=1S/C20H20ClFN2O2/c1-2-20(25)24(12-14-4-3-5-16(21)10-14)13-18-11-19(23-26-18)15-6-8-17(22)9-7-15/h3-10,18H,2,11-13H2,1H3/t18-/m1/s1. The third kappa shape index (κ3) is 4.61. The van der Waals surface area contributed by atoms with E-state index in [4.69, 9.17) is 16.4 Å². The number of hydrogen-bond acceptors (Lipinski definition) is 3. The average molecular weight is 375 g/mol. The van der Waals surface area contributed by atoms with Gasteiger partial charge < -0.3 is 9.74 Å². The Hall–Kier alpha value is -2.40. The molecule has 2 aromatic rings. The van der Waals surface area contributed by atoms with Gasteiger partial charge in [-0.1, -0.05) is 47.9 Å². The van der Waals surface area contributed by atoms with Crippen LogP contribution in [0.3, 0.4) is 0 Å². The second-order valence-corrected chi connectivity index (χ2v) is 6.67. The van der Waals surface area contributed by atoms with Crippen LogP contribution in [0.4, 0.5) is 4.39 Å². The largest absolute Gasteiger partial charge is 0.390 e. The number of amides is 1. The summed E-state index contributed by atoms with van der Waals surface area (Å²) in [6, 6.07) is 13.6. The second kappa shape index (κ2) is 8.32. The highest BCUT2D eigenvalue weighted by Crippen LogP contribution is 2.20. The van der Waals surface area contributed by atoms with Gasteiger partial charge in [0.25, 0.3) is 0 Å². The van der Waals surface area contributed by atoms with E-state index in [9.17, 15) is 9.18 Å². The van der Waals surface area contributed by atoms with Crippen molar-refractivity contribution in [1.29, 1.82) is 0 Å². The van der Waals surface area contributed by atoms with Crippen LogP contribution in [-0.4, -0.2) is 29.2 Å². The van der Waals surface area contributed by atoms with Crippen LogP contribution in [0.25, 0.3) is 0 Å². The zero-order chi connectivity index (χ0) is 18.5. The summed E-state index contributed by atoms with van der Waals surface area (Å²) in [5.74, 6) is -0.241. The van der Waals surface area contributed by atoms with Crippen LogP contribution in [-0.2, 0) is 16.2 Å². The Morgan fingerprint density at radius 1 is 1.31 bits per heavy atom. The Morgan fingerprint density at radius 2 is 2.08 bits per heavy atom. The Kier molecular flexibility index (Phi) is 5.89. The lowest BCUT2D eigenvalue weighted by Gasteiger charge is -2.24. The highest BCUT2D eigenvalue weighted by molar-refractivity contribution is 6.30. The van der Waals surface area contributed by atoms with Gasteiger partial charge in [0, 0.05) is 24.4 Å². The molecule has 1 heterocycles. The summed E-state index contributed by atoms with van der Waals surface area (Å²) in [4.78, 5) is 19.6. The molecule has 0 saturated carbocycles. The molecule has 1 aliphatic rings. The minimum Gasteiger partial charge on any atom is -0.390 e. The van der Waals surface area contributed by atoms with Gasteiger partial charge in [0.15, 0.2) is 6.10 Å². The average Bonchev–Trinajstić information content (AvgIpc) is 3.10. The molecule has 26 heavy (non-hydrogen) atoms. The molecule has 0 bridgehead atoms. The van der Waals surface area contributed by atoms with Crippen LogP contribution in [0.1, 0.15) is 30.9 Å². The molecule has 6 heteroatoms. The fourth-order valence-corrected chi connectivity index (χ4v) is 3.13. The quantitative estimate of drug-likeness (QED) is 0.751. The molecule has 0 spiro atoms. The Balaban J connectivity index is 1.65. The van der Waals surface area contributed by atoms with Crippen molar-refractivity contribution in [3.8, 4) is 0 Å². The molecule has 1 atom stereocenters. The van der Waals surface area contributed by atoms with E-state index in [-0.39, 0.29) is 17.8 Å². The van der Waals surface area contributed by atoms with Gasteiger partial charge in [0.2, 0.25) is 5.91 Å². The summed E-state index contributed by atoms with van der Waals surface area (Å²) < 4.78 is 13.1. The lowest BCUT2D eigenvalue weighted by molar-refractivity contribution is -0.133. The van der Waals surface area contributed by atoms with Crippen molar-refractivity contribution in [1.82, 2.24) is 4.90 Å². The van der Waals surface area contributed by atoms with Crippen LogP contribution in [0.15, 0.2) is 53.7 Å². The van der Waals surface area contributed by atoms with Gasteiger partial charge in [-0.05, 0) is 35.4 Å². The molecule has 0 aliphatic carbocycles. The van der Waals surface area contributed by atoms with Gasteiger partial charge in [0.1, 0.15) is 5.82 Å². The van der Waals surface area contributed by atoms with Crippen molar-refractivity contribution in [2.45, 2.75) is 32.4 Å².